The molecule has 0 unspecified atom stereocenters. The number of hydrazone groups is 1. The third-order valence-electron chi connectivity index (χ3n) is 3.31. The zero-order chi connectivity index (χ0) is 19.1. The molecular formula is C18H18ClN3O4. The van der Waals surface area contributed by atoms with Crippen LogP contribution in [0.5, 0.6) is 11.5 Å². The van der Waals surface area contributed by atoms with Crippen molar-refractivity contribution in [3.8, 4) is 11.5 Å². The van der Waals surface area contributed by atoms with Gasteiger partial charge >= 0.3 is 0 Å². The Balaban J connectivity index is 1.90. The minimum atomic E-state index is -0.484. The van der Waals surface area contributed by atoms with Crippen molar-refractivity contribution in [2.75, 3.05) is 12.4 Å². The van der Waals surface area contributed by atoms with Crippen molar-refractivity contribution in [2.24, 2.45) is 5.10 Å². The summed E-state index contributed by atoms with van der Waals surface area (Å²) < 4.78 is 5.05. The molecule has 0 radical (unpaired) electrons. The van der Waals surface area contributed by atoms with E-state index in [4.69, 9.17) is 16.3 Å². The van der Waals surface area contributed by atoms with E-state index < -0.39 is 5.91 Å². The van der Waals surface area contributed by atoms with E-state index in [1.165, 1.54) is 19.2 Å². The highest BCUT2D eigenvalue weighted by molar-refractivity contribution is 6.32. The number of hydrogen-bond donors (Lipinski definition) is 3. The lowest BCUT2D eigenvalue weighted by Crippen LogP contribution is -2.21. The Morgan fingerprint density at radius 3 is 2.65 bits per heavy atom. The molecule has 0 bridgehead atoms. The van der Waals surface area contributed by atoms with Crippen LogP contribution in [0.25, 0.3) is 0 Å². The number of halogens is 1. The van der Waals surface area contributed by atoms with E-state index >= 15 is 0 Å². The van der Waals surface area contributed by atoms with Gasteiger partial charge in [-0.1, -0.05) is 17.7 Å². The molecule has 0 fully saturated rings. The second-order valence-corrected chi connectivity index (χ2v) is 5.82. The molecule has 0 aromatic heterocycles. The third kappa shape index (κ3) is 5.49. The van der Waals surface area contributed by atoms with Crippen LogP contribution in [0, 0.1) is 0 Å². The molecule has 8 heteroatoms. The summed E-state index contributed by atoms with van der Waals surface area (Å²) in [7, 11) is 1.50. The topological polar surface area (TPSA) is 100 Å². The molecule has 0 atom stereocenters. The number of aromatic hydroxyl groups is 1. The zero-order valence-electron chi connectivity index (χ0n) is 14.2. The van der Waals surface area contributed by atoms with Gasteiger partial charge in [-0.05, 0) is 43.3 Å². The first kappa shape index (κ1) is 19.3. The second-order valence-electron chi connectivity index (χ2n) is 5.41. The van der Waals surface area contributed by atoms with E-state index in [0.29, 0.717) is 22.2 Å². The monoisotopic (exact) mass is 375 g/mol. The Kier molecular flexibility index (Phi) is 6.57. The number of rotatable bonds is 6. The number of phenolic OH excluding ortho intramolecular Hbond substituents is 1. The second kappa shape index (κ2) is 8.87. The number of carbonyl (C=O) groups is 2. The lowest BCUT2D eigenvalue weighted by Gasteiger charge is -2.08. The summed E-state index contributed by atoms with van der Waals surface area (Å²) >= 11 is 6.01. The van der Waals surface area contributed by atoms with Crippen molar-refractivity contribution < 1.29 is 19.4 Å². The van der Waals surface area contributed by atoms with Crippen LogP contribution in [-0.2, 0) is 4.79 Å². The Labute approximate surface area is 155 Å². The summed E-state index contributed by atoms with van der Waals surface area (Å²) in [6, 6.07) is 10.8. The van der Waals surface area contributed by atoms with Gasteiger partial charge in [-0.3, -0.25) is 9.59 Å². The van der Waals surface area contributed by atoms with Crippen LogP contribution in [-0.4, -0.2) is 29.7 Å². The molecule has 2 aromatic rings. The number of amides is 2. The molecule has 7 nitrogen and oxygen atoms in total. The molecule has 136 valence electrons. The minimum Gasteiger partial charge on any atom is -0.508 e. The summed E-state index contributed by atoms with van der Waals surface area (Å²) in [5, 5.41) is 16.3. The van der Waals surface area contributed by atoms with Crippen molar-refractivity contribution in [2.45, 2.75) is 13.3 Å². The smallest absolute Gasteiger partial charge is 0.271 e. The van der Waals surface area contributed by atoms with E-state index in [1.807, 2.05) is 0 Å². The molecule has 2 aromatic carbocycles. The van der Waals surface area contributed by atoms with Crippen molar-refractivity contribution >= 4 is 34.8 Å². The third-order valence-corrected chi connectivity index (χ3v) is 3.60. The molecule has 0 aliphatic rings. The number of phenols is 1. The van der Waals surface area contributed by atoms with E-state index in [0.717, 1.165) is 0 Å². The fraction of sp³-hybridized carbons (Fsp3) is 0.167. The summed E-state index contributed by atoms with van der Waals surface area (Å²) in [5.74, 6) is -0.297. The maximum absolute atomic E-state index is 12.0. The van der Waals surface area contributed by atoms with Crippen LogP contribution in [0.1, 0.15) is 23.7 Å². The fourth-order valence-electron chi connectivity index (χ4n) is 2.08. The average molecular weight is 376 g/mol. The van der Waals surface area contributed by atoms with E-state index in [1.54, 1.807) is 37.3 Å². The number of ether oxygens (including phenoxy) is 1. The molecule has 2 rings (SSSR count). The number of nitrogens with zero attached hydrogens (tertiary/aromatic N) is 1. The van der Waals surface area contributed by atoms with Gasteiger partial charge in [-0.15, -0.1) is 0 Å². The molecule has 0 saturated heterocycles. The fourth-order valence-corrected chi connectivity index (χ4v) is 2.34. The van der Waals surface area contributed by atoms with Crippen LogP contribution < -0.4 is 15.5 Å². The lowest BCUT2D eigenvalue weighted by molar-refractivity contribution is -0.115. The number of methoxy groups -OCH3 is 1. The number of anilines is 1. The first-order valence-corrected chi connectivity index (χ1v) is 8.02. The standard InChI is InChI=1S/C18H18ClN3O4/c1-11(21-22-18(25)12-4-3-5-14(23)9-12)8-17(24)20-13-6-7-16(26-2)15(19)10-13/h3-7,9-10,23H,8H2,1-2H3,(H,20,24)(H,22,25). The highest BCUT2D eigenvalue weighted by atomic mass is 35.5. The van der Waals surface area contributed by atoms with Crippen LogP contribution in [0.4, 0.5) is 5.69 Å². The number of benzene rings is 2. The van der Waals surface area contributed by atoms with Gasteiger partial charge in [0.2, 0.25) is 5.91 Å². The lowest BCUT2D eigenvalue weighted by atomic mass is 10.2. The molecule has 0 heterocycles. The van der Waals surface area contributed by atoms with Crippen molar-refractivity contribution in [1.29, 1.82) is 0 Å². The Morgan fingerprint density at radius 1 is 1.23 bits per heavy atom. The summed E-state index contributed by atoms with van der Waals surface area (Å²) in [6.45, 7) is 1.61. The first-order valence-electron chi connectivity index (χ1n) is 7.65. The molecule has 0 aliphatic carbocycles. The van der Waals surface area contributed by atoms with E-state index in [-0.39, 0.29) is 23.6 Å². The van der Waals surface area contributed by atoms with Gasteiger partial charge in [0.15, 0.2) is 0 Å². The van der Waals surface area contributed by atoms with Crippen molar-refractivity contribution in [3.05, 3.63) is 53.1 Å². The van der Waals surface area contributed by atoms with E-state index in [2.05, 4.69) is 15.8 Å². The van der Waals surface area contributed by atoms with Gasteiger partial charge in [0.25, 0.3) is 5.91 Å². The highest BCUT2D eigenvalue weighted by Gasteiger charge is 2.09. The number of hydrogen-bond acceptors (Lipinski definition) is 5. The maximum atomic E-state index is 12.0. The van der Waals surface area contributed by atoms with Gasteiger partial charge in [-0.25, -0.2) is 5.43 Å². The molecule has 26 heavy (non-hydrogen) atoms. The SMILES string of the molecule is COc1ccc(NC(=O)CC(C)=NNC(=O)c2cccc(O)c2)cc1Cl. The molecule has 0 aliphatic heterocycles. The first-order chi connectivity index (χ1) is 12.4. The quantitative estimate of drug-likeness (QED) is 0.533. The normalized spacial score (nSPS) is 11.0. The molecule has 0 spiro atoms. The largest absolute Gasteiger partial charge is 0.508 e. The maximum Gasteiger partial charge on any atom is 0.271 e. The summed E-state index contributed by atoms with van der Waals surface area (Å²) in [5.41, 5.74) is 3.54. The molecule has 3 N–H and O–H groups in total. The zero-order valence-corrected chi connectivity index (χ0v) is 15.0. The number of carbonyl (C=O) groups excluding carboxylic acids is 2. The Morgan fingerprint density at radius 2 is 2.00 bits per heavy atom. The number of nitrogens with one attached hydrogen (secondary N) is 2. The van der Waals surface area contributed by atoms with Gasteiger partial charge in [0.1, 0.15) is 11.5 Å². The Hall–Kier alpha value is -3.06. The summed E-state index contributed by atoms with van der Waals surface area (Å²) in [6.07, 6.45) is -0.00995. The van der Waals surface area contributed by atoms with Gasteiger partial charge in [0, 0.05) is 17.0 Å². The van der Waals surface area contributed by atoms with Gasteiger partial charge in [0.05, 0.1) is 18.6 Å². The van der Waals surface area contributed by atoms with Crippen LogP contribution in [0.2, 0.25) is 5.02 Å². The van der Waals surface area contributed by atoms with Gasteiger partial charge < -0.3 is 15.2 Å². The van der Waals surface area contributed by atoms with Gasteiger partial charge in [-0.2, -0.15) is 5.10 Å². The predicted octanol–water partition coefficient (Wildman–Crippen LogP) is 3.19. The summed E-state index contributed by atoms with van der Waals surface area (Å²) in [4.78, 5) is 24.0. The van der Waals surface area contributed by atoms with Crippen LogP contribution in [0.15, 0.2) is 47.6 Å². The predicted molar refractivity (Wildman–Crippen MR) is 99.9 cm³/mol. The van der Waals surface area contributed by atoms with Crippen molar-refractivity contribution in [1.82, 2.24) is 5.43 Å². The average Bonchev–Trinajstić information content (AvgIpc) is 2.59. The van der Waals surface area contributed by atoms with Crippen LogP contribution >= 0.6 is 11.6 Å². The van der Waals surface area contributed by atoms with Crippen LogP contribution in [0.3, 0.4) is 0 Å². The minimum absolute atomic E-state index is 0.00995. The molecule has 0 saturated carbocycles. The molecule has 2 amide bonds. The highest BCUT2D eigenvalue weighted by Crippen LogP contribution is 2.27. The molecular weight excluding hydrogens is 358 g/mol. The Bertz CT molecular complexity index is 852. The van der Waals surface area contributed by atoms with E-state index in [9.17, 15) is 14.7 Å². The van der Waals surface area contributed by atoms with Crippen molar-refractivity contribution in [3.63, 3.8) is 0 Å².